The molecule has 2 rings (SSSR count). The van der Waals surface area contributed by atoms with Crippen molar-refractivity contribution in [2.75, 3.05) is 19.3 Å². The van der Waals surface area contributed by atoms with E-state index in [1.165, 1.54) is 12.8 Å². The third-order valence-corrected chi connectivity index (χ3v) is 5.94. The molecule has 4 heteroatoms. The molecule has 0 aromatic carbocycles. The van der Waals surface area contributed by atoms with Crippen LogP contribution in [0.4, 0.5) is 0 Å². The Morgan fingerprint density at radius 1 is 1.39 bits per heavy atom. The van der Waals surface area contributed by atoms with Crippen molar-refractivity contribution in [2.24, 2.45) is 11.8 Å². The molecule has 18 heavy (non-hydrogen) atoms. The van der Waals surface area contributed by atoms with Crippen molar-refractivity contribution < 1.29 is 4.79 Å². The van der Waals surface area contributed by atoms with E-state index in [4.69, 9.17) is 0 Å². The van der Waals surface area contributed by atoms with Gasteiger partial charge in [-0.05, 0) is 37.9 Å². The Morgan fingerprint density at radius 3 is 2.50 bits per heavy atom. The van der Waals surface area contributed by atoms with Crippen LogP contribution in [0.2, 0.25) is 0 Å². The van der Waals surface area contributed by atoms with Gasteiger partial charge in [0.05, 0.1) is 6.07 Å². The fourth-order valence-corrected chi connectivity index (χ4v) is 3.88. The van der Waals surface area contributed by atoms with Gasteiger partial charge in [-0.1, -0.05) is 13.3 Å². The maximum atomic E-state index is 12.4. The first-order valence-corrected chi connectivity index (χ1v) is 8.09. The fourth-order valence-electron chi connectivity index (χ4n) is 3.20. The largest absolute Gasteiger partial charge is 0.342 e. The summed E-state index contributed by atoms with van der Waals surface area (Å²) in [6.07, 6.45) is 7.08. The summed E-state index contributed by atoms with van der Waals surface area (Å²) in [5.41, 5.74) is 0. The molecule has 0 radical (unpaired) electrons. The standard InChI is InChI=1S/C14H22N2OS/c1-11-4-3-5-12(11)13(17)16-8-6-14(10-15,18-2)7-9-16/h11-12H,3-9H2,1-2H3. The maximum absolute atomic E-state index is 12.4. The Bertz CT molecular complexity index is 355. The lowest BCUT2D eigenvalue weighted by Gasteiger charge is -2.37. The SMILES string of the molecule is CSC1(C#N)CCN(C(=O)C2CCCC2C)CC1. The van der Waals surface area contributed by atoms with Gasteiger partial charge in [0.25, 0.3) is 0 Å². The molecule has 1 aliphatic carbocycles. The molecule has 0 N–H and O–H groups in total. The fraction of sp³-hybridized carbons (Fsp3) is 0.857. The number of hydrogen-bond acceptors (Lipinski definition) is 3. The van der Waals surface area contributed by atoms with E-state index in [2.05, 4.69) is 13.0 Å². The highest BCUT2D eigenvalue weighted by Gasteiger charge is 2.39. The van der Waals surface area contributed by atoms with E-state index in [-0.39, 0.29) is 10.7 Å². The molecular formula is C14H22N2OS. The van der Waals surface area contributed by atoms with Crippen molar-refractivity contribution in [3.05, 3.63) is 0 Å². The first kappa shape index (κ1) is 13.7. The van der Waals surface area contributed by atoms with E-state index in [9.17, 15) is 10.1 Å². The summed E-state index contributed by atoms with van der Waals surface area (Å²) in [4.78, 5) is 14.4. The van der Waals surface area contributed by atoms with Crippen molar-refractivity contribution in [1.29, 1.82) is 5.26 Å². The highest BCUT2D eigenvalue weighted by atomic mass is 32.2. The predicted molar refractivity (Wildman–Crippen MR) is 74.2 cm³/mol. The molecule has 0 bridgehead atoms. The maximum Gasteiger partial charge on any atom is 0.225 e. The number of amides is 1. The second-order valence-corrected chi connectivity index (χ2v) is 6.84. The van der Waals surface area contributed by atoms with E-state index in [1.54, 1.807) is 11.8 Å². The van der Waals surface area contributed by atoms with Gasteiger partial charge >= 0.3 is 0 Å². The topological polar surface area (TPSA) is 44.1 Å². The molecule has 2 unspecified atom stereocenters. The number of piperidine rings is 1. The molecule has 1 aliphatic heterocycles. The smallest absolute Gasteiger partial charge is 0.225 e. The lowest BCUT2D eigenvalue weighted by atomic mass is 9.93. The highest BCUT2D eigenvalue weighted by Crippen LogP contribution is 2.37. The normalized spacial score (nSPS) is 31.1. The van der Waals surface area contributed by atoms with E-state index < -0.39 is 0 Å². The summed E-state index contributed by atoms with van der Waals surface area (Å²) in [5, 5.41) is 9.25. The van der Waals surface area contributed by atoms with Crippen LogP contribution in [-0.4, -0.2) is 34.9 Å². The average molecular weight is 266 g/mol. The van der Waals surface area contributed by atoms with Crippen molar-refractivity contribution in [2.45, 2.75) is 43.8 Å². The summed E-state index contributed by atoms with van der Waals surface area (Å²) in [6, 6.07) is 2.43. The average Bonchev–Trinajstić information content (AvgIpc) is 2.84. The minimum absolute atomic E-state index is 0.244. The Balaban J connectivity index is 1.94. The van der Waals surface area contributed by atoms with Crippen molar-refractivity contribution in [1.82, 2.24) is 4.90 Å². The van der Waals surface area contributed by atoms with Gasteiger partial charge in [-0.3, -0.25) is 4.79 Å². The minimum atomic E-state index is -0.252. The third-order valence-electron chi connectivity index (χ3n) is 4.66. The van der Waals surface area contributed by atoms with Gasteiger partial charge in [0.15, 0.2) is 0 Å². The van der Waals surface area contributed by atoms with Crippen LogP contribution in [0.15, 0.2) is 0 Å². The van der Waals surface area contributed by atoms with Gasteiger partial charge in [-0.2, -0.15) is 5.26 Å². The van der Waals surface area contributed by atoms with E-state index >= 15 is 0 Å². The second kappa shape index (κ2) is 5.52. The second-order valence-electron chi connectivity index (χ2n) is 5.65. The quantitative estimate of drug-likeness (QED) is 0.772. The number of nitrogens with zero attached hydrogens (tertiary/aromatic N) is 2. The molecule has 1 amide bonds. The molecule has 1 saturated heterocycles. The first-order chi connectivity index (χ1) is 8.62. The van der Waals surface area contributed by atoms with Gasteiger partial charge in [0.1, 0.15) is 4.75 Å². The number of nitriles is 1. The van der Waals surface area contributed by atoms with E-state index in [1.807, 2.05) is 11.2 Å². The van der Waals surface area contributed by atoms with Gasteiger partial charge in [0.2, 0.25) is 5.91 Å². The lowest BCUT2D eigenvalue weighted by Crippen LogP contribution is -2.46. The number of carbonyl (C=O) groups excluding carboxylic acids is 1. The Kier molecular flexibility index (Phi) is 4.21. The summed E-state index contributed by atoms with van der Waals surface area (Å²) in [6.45, 7) is 3.72. The minimum Gasteiger partial charge on any atom is -0.342 e. The van der Waals surface area contributed by atoms with Crippen LogP contribution in [-0.2, 0) is 4.79 Å². The highest BCUT2D eigenvalue weighted by molar-refractivity contribution is 8.00. The molecule has 0 aromatic rings. The lowest BCUT2D eigenvalue weighted by molar-refractivity contribution is -0.137. The monoisotopic (exact) mass is 266 g/mol. The van der Waals surface area contributed by atoms with Gasteiger partial charge in [-0.15, -0.1) is 11.8 Å². The molecule has 100 valence electrons. The van der Waals surface area contributed by atoms with Crippen molar-refractivity contribution in [3.63, 3.8) is 0 Å². The predicted octanol–water partition coefficient (Wildman–Crippen LogP) is 2.67. The number of rotatable bonds is 2. The number of thioether (sulfide) groups is 1. The molecule has 2 fully saturated rings. The number of likely N-dealkylation sites (tertiary alicyclic amines) is 1. The van der Waals surface area contributed by atoms with Crippen LogP contribution in [0.25, 0.3) is 0 Å². The zero-order chi connectivity index (χ0) is 13.2. The third kappa shape index (κ3) is 2.51. The molecule has 1 saturated carbocycles. The van der Waals surface area contributed by atoms with E-state index in [0.717, 1.165) is 32.4 Å². The summed E-state index contributed by atoms with van der Waals surface area (Å²) >= 11 is 1.64. The summed E-state index contributed by atoms with van der Waals surface area (Å²) < 4.78 is -0.252. The zero-order valence-electron chi connectivity index (χ0n) is 11.3. The Hall–Kier alpha value is -0.690. The van der Waals surface area contributed by atoms with Crippen LogP contribution in [0.1, 0.15) is 39.0 Å². The molecule has 0 spiro atoms. The summed E-state index contributed by atoms with van der Waals surface area (Å²) in [5.74, 6) is 1.13. The molecule has 3 nitrogen and oxygen atoms in total. The van der Waals surface area contributed by atoms with Crippen LogP contribution < -0.4 is 0 Å². The Morgan fingerprint density at radius 2 is 2.06 bits per heavy atom. The van der Waals surface area contributed by atoms with Crippen molar-refractivity contribution in [3.8, 4) is 6.07 Å². The molecule has 1 heterocycles. The van der Waals surface area contributed by atoms with Crippen molar-refractivity contribution >= 4 is 17.7 Å². The summed E-state index contributed by atoms with van der Waals surface area (Å²) in [7, 11) is 0. The van der Waals surface area contributed by atoms with Crippen LogP contribution >= 0.6 is 11.8 Å². The molecule has 2 atom stereocenters. The number of hydrogen-bond donors (Lipinski definition) is 0. The zero-order valence-corrected chi connectivity index (χ0v) is 12.1. The van der Waals surface area contributed by atoms with E-state index in [0.29, 0.717) is 11.8 Å². The number of carbonyl (C=O) groups is 1. The van der Waals surface area contributed by atoms with Crippen LogP contribution in [0.3, 0.4) is 0 Å². The molecule has 2 aliphatic rings. The van der Waals surface area contributed by atoms with Gasteiger partial charge < -0.3 is 4.90 Å². The Labute approximate surface area is 114 Å². The van der Waals surface area contributed by atoms with Gasteiger partial charge in [0, 0.05) is 19.0 Å². The van der Waals surface area contributed by atoms with Crippen LogP contribution in [0, 0.1) is 23.2 Å². The van der Waals surface area contributed by atoms with Crippen LogP contribution in [0.5, 0.6) is 0 Å². The molecule has 0 aromatic heterocycles. The van der Waals surface area contributed by atoms with Gasteiger partial charge in [-0.25, -0.2) is 0 Å². The molecular weight excluding hydrogens is 244 g/mol. The first-order valence-electron chi connectivity index (χ1n) is 6.87.